The molecule has 1 atom stereocenters. The molecule has 0 N–H and O–H groups in total. The quantitative estimate of drug-likeness (QED) is 0.606. The van der Waals surface area contributed by atoms with Crippen LogP contribution in [0.2, 0.25) is 0 Å². The van der Waals surface area contributed by atoms with Gasteiger partial charge in [-0.15, -0.1) is 0 Å². The molecule has 0 aromatic heterocycles. The SMILES string of the molecule is O=C([C@@H]1Cc2ccccc2CN1C(=O)c1cccc([N+](=O)[O-])c1)N1CCCC1. The predicted molar refractivity (Wildman–Crippen MR) is 103 cm³/mol. The molecule has 2 heterocycles. The lowest BCUT2D eigenvalue weighted by atomic mass is 9.92. The molecule has 144 valence electrons. The molecule has 0 bridgehead atoms. The number of carbonyl (C=O) groups is 2. The molecule has 7 heteroatoms. The molecule has 7 nitrogen and oxygen atoms in total. The van der Waals surface area contributed by atoms with E-state index in [1.165, 1.54) is 18.2 Å². The Morgan fingerprint density at radius 3 is 2.43 bits per heavy atom. The Morgan fingerprint density at radius 2 is 1.71 bits per heavy atom. The number of fused-ring (bicyclic) bond motifs is 1. The molecule has 0 unspecified atom stereocenters. The average Bonchev–Trinajstić information content (AvgIpc) is 3.26. The third-order valence-corrected chi connectivity index (χ3v) is 5.52. The highest BCUT2D eigenvalue weighted by Crippen LogP contribution is 2.27. The van der Waals surface area contributed by atoms with Crippen molar-refractivity contribution in [3.05, 3.63) is 75.3 Å². The summed E-state index contributed by atoms with van der Waals surface area (Å²) in [5.41, 5.74) is 2.17. The van der Waals surface area contributed by atoms with Crippen LogP contribution in [-0.4, -0.2) is 45.7 Å². The van der Waals surface area contributed by atoms with Crippen LogP contribution in [0, 0.1) is 10.1 Å². The molecular formula is C21H21N3O4. The Hall–Kier alpha value is -3.22. The zero-order valence-electron chi connectivity index (χ0n) is 15.4. The maximum Gasteiger partial charge on any atom is 0.270 e. The van der Waals surface area contributed by atoms with Crippen LogP contribution in [0.15, 0.2) is 48.5 Å². The maximum atomic E-state index is 13.2. The summed E-state index contributed by atoms with van der Waals surface area (Å²) < 4.78 is 0. The Kier molecular flexibility index (Phi) is 4.81. The lowest BCUT2D eigenvalue weighted by molar-refractivity contribution is -0.384. The lowest BCUT2D eigenvalue weighted by Crippen LogP contribution is -2.53. The van der Waals surface area contributed by atoms with Gasteiger partial charge in [0.25, 0.3) is 11.6 Å². The van der Waals surface area contributed by atoms with Gasteiger partial charge in [-0.2, -0.15) is 0 Å². The van der Waals surface area contributed by atoms with Crippen molar-refractivity contribution in [1.29, 1.82) is 0 Å². The fourth-order valence-corrected chi connectivity index (χ4v) is 4.02. The van der Waals surface area contributed by atoms with Gasteiger partial charge >= 0.3 is 0 Å². The Morgan fingerprint density at radius 1 is 1.00 bits per heavy atom. The molecule has 0 aliphatic carbocycles. The molecule has 2 aromatic rings. The van der Waals surface area contributed by atoms with Gasteiger partial charge in [0.15, 0.2) is 0 Å². The largest absolute Gasteiger partial charge is 0.341 e. The molecule has 0 saturated carbocycles. The molecule has 1 fully saturated rings. The van der Waals surface area contributed by atoms with Gasteiger partial charge in [0, 0.05) is 43.8 Å². The zero-order valence-corrected chi connectivity index (χ0v) is 15.4. The van der Waals surface area contributed by atoms with E-state index in [-0.39, 0.29) is 23.1 Å². The average molecular weight is 379 g/mol. The third kappa shape index (κ3) is 3.35. The van der Waals surface area contributed by atoms with Crippen LogP contribution in [0.25, 0.3) is 0 Å². The van der Waals surface area contributed by atoms with E-state index in [0.717, 1.165) is 37.1 Å². The molecule has 4 rings (SSSR count). The van der Waals surface area contributed by atoms with E-state index < -0.39 is 11.0 Å². The molecule has 2 aliphatic rings. The van der Waals surface area contributed by atoms with Crippen LogP contribution in [0.5, 0.6) is 0 Å². The van der Waals surface area contributed by atoms with E-state index in [2.05, 4.69) is 0 Å². The highest BCUT2D eigenvalue weighted by atomic mass is 16.6. The minimum atomic E-state index is -0.584. The first-order valence-electron chi connectivity index (χ1n) is 9.45. The summed E-state index contributed by atoms with van der Waals surface area (Å²) >= 11 is 0. The van der Waals surface area contributed by atoms with Gasteiger partial charge in [-0.05, 0) is 30.0 Å². The van der Waals surface area contributed by atoms with Crippen molar-refractivity contribution in [2.75, 3.05) is 13.1 Å². The molecule has 0 radical (unpaired) electrons. The number of rotatable bonds is 3. The molecular weight excluding hydrogens is 358 g/mol. The number of likely N-dealkylation sites (tertiary alicyclic amines) is 1. The van der Waals surface area contributed by atoms with E-state index >= 15 is 0 Å². The molecule has 2 aliphatic heterocycles. The minimum absolute atomic E-state index is 0.0363. The van der Waals surface area contributed by atoms with Crippen LogP contribution < -0.4 is 0 Å². The first-order valence-corrected chi connectivity index (χ1v) is 9.45. The normalized spacial score (nSPS) is 18.6. The van der Waals surface area contributed by atoms with E-state index in [1.807, 2.05) is 29.2 Å². The standard InChI is InChI=1S/C21H21N3O4/c25-20(16-8-5-9-18(12-16)24(27)28)23-14-17-7-2-1-6-15(17)13-19(23)21(26)22-10-3-4-11-22/h1-2,5-9,12,19H,3-4,10-11,13-14H2/t19-/m0/s1. The molecule has 1 saturated heterocycles. The van der Waals surface area contributed by atoms with Crippen LogP contribution in [0.3, 0.4) is 0 Å². The summed E-state index contributed by atoms with van der Waals surface area (Å²) in [5, 5.41) is 11.1. The number of carbonyl (C=O) groups excluding carboxylic acids is 2. The molecule has 2 aromatic carbocycles. The van der Waals surface area contributed by atoms with Crippen LogP contribution in [-0.2, 0) is 17.8 Å². The number of amides is 2. The van der Waals surface area contributed by atoms with E-state index in [0.29, 0.717) is 13.0 Å². The van der Waals surface area contributed by atoms with Gasteiger partial charge in [-0.25, -0.2) is 0 Å². The highest BCUT2D eigenvalue weighted by Gasteiger charge is 2.38. The van der Waals surface area contributed by atoms with E-state index in [1.54, 1.807) is 11.0 Å². The zero-order chi connectivity index (χ0) is 19.7. The molecule has 2 amide bonds. The lowest BCUT2D eigenvalue weighted by Gasteiger charge is -2.37. The number of nitro benzene ring substituents is 1. The van der Waals surface area contributed by atoms with E-state index in [9.17, 15) is 19.7 Å². The van der Waals surface area contributed by atoms with E-state index in [4.69, 9.17) is 0 Å². The van der Waals surface area contributed by atoms with Crippen molar-refractivity contribution in [3.63, 3.8) is 0 Å². The fourth-order valence-electron chi connectivity index (χ4n) is 4.02. The highest BCUT2D eigenvalue weighted by molar-refractivity contribution is 5.98. The number of benzene rings is 2. The predicted octanol–water partition coefficient (Wildman–Crippen LogP) is 2.78. The number of nitrogens with zero attached hydrogens (tertiary/aromatic N) is 3. The Bertz CT molecular complexity index is 937. The minimum Gasteiger partial charge on any atom is -0.341 e. The van der Waals surface area contributed by atoms with Crippen molar-refractivity contribution >= 4 is 17.5 Å². The van der Waals surface area contributed by atoms with Crippen LogP contribution >= 0.6 is 0 Å². The van der Waals surface area contributed by atoms with Gasteiger partial charge < -0.3 is 9.80 Å². The summed E-state index contributed by atoms with van der Waals surface area (Å²) in [4.78, 5) is 40.4. The van der Waals surface area contributed by atoms with Gasteiger partial charge in [0.2, 0.25) is 5.91 Å². The second-order valence-electron chi connectivity index (χ2n) is 7.26. The third-order valence-electron chi connectivity index (χ3n) is 5.52. The second-order valence-corrected chi connectivity index (χ2v) is 7.26. The van der Waals surface area contributed by atoms with Crippen molar-refractivity contribution < 1.29 is 14.5 Å². The summed E-state index contributed by atoms with van der Waals surface area (Å²) in [6.07, 6.45) is 2.42. The summed E-state index contributed by atoms with van der Waals surface area (Å²) in [6.45, 7) is 1.76. The van der Waals surface area contributed by atoms with Crippen LogP contribution in [0.4, 0.5) is 5.69 Å². The Balaban J connectivity index is 1.69. The van der Waals surface area contributed by atoms with Crippen molar-refractivity contribution in [2.24, 2.45) is 0 Å². The van der Waals surface area contributed by atoms with Gasteiger partial charge in [0.05, 0.1) is 4.92 Å². The summed E-state index contributed by atoms with van der Waals surface area (Å²) in [6, 6.07) is 12.9. The van der Waals surface area contributed by atoms with Crippen molar-refractivity contribution in [1.82, 2.24) is 9.80 Å². The number of hydrogen-bond acceptors (Lipinski definition) is 4. The van der Waals surface area contributed by atoms with Crippen molar-refractivity contribution in [3.8, 4) is 0 Å². The van der Waals surface area contributed by atoms with Gasteiger partial charge in [0.1, 0.15) is 6.04 Å². The first kappa shape index (κ1) is 18.2. The topological polar surface area (TPSA) is 83.8 Å². The Labute approximate surface area is 162 Å². The second kappa shape index (κ2) is 7.42. The summed E-state index contributed by atoms with van der Waals surface area (Å²) in [7, 11) is 0. The molecule has 28 heavy (non-hydrogen) atoms. The van der Waals surface area contributed by atoms with Gasteiger partial charge in [-0.3, -0.25) is 19.7 Å². The first-order chi connectivity index (χ1) is 13.5. The summed E-state index contributed by atoms with van der Waals surface area (Å²) in [5.74, 6) is -0.387. The monoisotopic (exact) mass is 379 g/mol. The maximum absolute atomic E-state index is 13.2. The number of non-ortho nitro benzene ring substituents is 1. The van der Waals surface area contributed by atoms with Crippen LogP contribution in [0.1, 0.15) is 34.3 Å². The number of hydrogen-bond donors (Lipinski definition) is 0. The number of nitro groups is 1. The van der Waals surface area contributed by atoms with Crippen molar-refractivity contribution in [2.45, 2.75) is 31.8 Å². The fraction of sp³-hybridized carbons (Fsp3) is 0.333. The van der Waals surface area contributed by atoms with Gasteiger partial charge in [-0.1, -0.05) is 30.3 Å². The molecule has 0 spiro atoms. The smallest absolute Gasteiger partial charge is 0.270 e.